The van der Waals surface area contributed by atoms with Crippen LogP contribution < -0.4 is 15.0 Å². The number of piperidine rings is 2. The molecule has 3 amide bonds. The second kappa shape index (κ2) is 13.5. The average Bonchev–Trinajstić information content (AvgIpc) is 3.45. The van der Waals surface area contributed by atoms with Crippen LogP contribution in [0.25, 0.3) is 0 Å². The number of rotatable bonds is 7. The Hall–Kier alpha value is -5.22. The summed E-state index contributed by atoms with van der Waals surface area (Å²) in [4.78, 5) is 43.2. The summed E-state index contributed by atoms with van der Waals surface area (Å²) in [6.45, 7) is 2.93. The van der Waals surface area contributed by atoms with Crippen molar-refractivity contribution in [3.63, 3.8) is 0 Å². The van der Waals surface area contributed by atoms with Crippen LogP contribution in [0.2, 0.25) is 0 Å². The summed E-state index contributed by atoms with van der Waals surface area (Å²) in [7, 11) is 2.03. The highest BCUT2D eigenvalue weighted by atomic mass is 19.1. The molecule has 2 saturated heterocycles. The van der Waals surface area contributed by atoms with Crippen molar-refractivity contribution >= 4 is 23.4 Å². The van der Waals surface area contributed by atoms with Gasteiger partial charge in [-0.1, -0.05) is 48.5 Å². The molecule has 0 bridgehead atoms. The van der Waals surface area contributed by atoms with E-state index in [-0.39, 0.29) is 54.8 Å². The summed E-state index contributed by atoms with van der Waals surface area (Å²) in [5.74, 6) is -0.448. The van der Waals surface area contributed by atoms with E-state index in [4.69, 9.17) is 4.74 Å². The molecule has 0 radical (unpaired) electrons. The van der Waals surface area contributed by atoms with E-state index in [0.29, 0.717) is 29.8 Å². The third kappa shape index (κ3) is 6.33. The Kier molecular flexibility index (Phi) is 8.71. The first-order valence-electron chi connectivity index (χ1n) is 17.7. The van der Waals surface area contributed by atoms with Crippen molar-refractivity contribution < 1.29 is 28.6 Å². The number of imide groups is 1. The number of aromatic hydroxyl groups is 1. The van der Waals surface area contributed by atoms with Gasteiger partial charge in [0.2, 0.25) is 11.8 Å². The topological polar surface area (TPSA) is 102 Å². The van der Waals surface area contributed by atoms with Gasteiger partial charge in [-0.2, -0.15) is 0 Å². The number of nitrogens with one attached hydrogen (secondary N) is 1. The third-order valence-corrected chi connectivity index (χ3v) is 11.2. The Bertz CT molecular complexity index is 1980. The molecule has 0 spiro atoms. The minimum atomic E-state index is -0.724. The van der Waals surface area contributed by atoms with E-state index in [9.17, 15) is 19.5 Å². The maximum atomic E-state index is 15.4. The maximum Gasteiger partial charge on any atom is 0.255 e. The Labute approximate surface area is 296 Å². The standard InChI is InChI=1S/C41H41FN4O5/c1-44(22-28-19-27-23-46(41(50)33(27)21-35(28)42)36-13-14-38(48)43-40(36)49)29-15-17-45(18-16-29)30-9-7-26(8-10-30)39-32-12-11-31(47)20-37(32)51-24-34(39)25-5-3-2-4-6-25/h2-12,19-21,29,34,36,39,47H,13-18,22-24H2,1H3,(H,43,48,49)/t34-,36?,39-/m1/s1. The van der Waals surface area contributed by atoms with Gasteiger partial charge in [-0.15, -0.1) is 0 Å². The Morgan fingerprint density at radius 2 is 1.69 bits per heavy atom. The predicted octanol–water partition coefficient (Wildman–Crippen LogP) is 5.70. The van der Waals surface area contributed by atoms with Crippen LogP contribution in [0.1, 0.15) is 75.7 Å². The summed E-state index contributed by atoms with van der Waals surface area (Å²) >= 11 is 0. The Balaban J connectivity index is 0.917. The maximum absolute atomic E-state index is 15.4. The lowest BCUT2D eigenvalue weighted by atomic mass is 9.76. The number of anilines is 1. The van der Waals surface area contributed by atoms with Gasteiger partial charge in [0.25, 0.3) is 5.91 Å². The van der Waals surface area contributed by atoms with E-state index in [0.717, 1.165) is 37.2 Å². The fraction of sp³-hybridized carbons (Fsp3) is 0.341. The number of benzene rings is 4. The van der Waals surface area contributed by atoms with E-state index >= 15 is 4.39 Å². The number of amides is 3. The van der Waals surface area contributed by atoms with E-state index in [1.54, 1.807) is 18.2 Å². The van der Waals surface area contributed by atoms with Crippen molar-refractivity contribution in [2.24, 2.45) is 0 Å². The number of carbonyl (C=O) groups excluding carboxylic acids is 3. The minimum absolute atomic E-state index is 0.0865. The van der Waals surface area contributed by atoms with Crippen LogP contribution in [-0.4, -0.2) is 71.5 Å². The molecule has 262 valence electrons. The molecule has 4 aromatic rings. The van der Waals surface area contributed by atoms with Crippen LogP contribution >= 0.6 is 0 Å². The molecule has 1 unspecified atom stereocenters. The normalized spacial score (nSPS) is 22.1. The van der Waals surface area contributed by atoms with Crippen molar-refractivity contribution in [1.29, 1.82) is 0 Å². The van der Waals surface area contributed by atoms with Crippen molar-refractivity contribution in [3.8, 4) is 11.5 Å². The van der Waals surface area contributed by atoms with Crippen LogP contribution in [0.3, 0.4) is 0 Å². The third-order valence-electron chi connectivity index (χ3n) is 11.2. The van der Waals surface area contributed by atoms with Crippen molar-refractivity contribution in [1.82, 2.24) is 15.1 Å². The smallest absolute Gasteiger partial charge is 0.255 e. The molecular weight excluding hydrogens is 647 g/mol. The minimum Gasteiger partial charge on any atom is -0.508 e. The summed E-state index contributed by atoms with van der Waals surface area (Å²) in [5, 5.41) is 12.4. The van der Waals surface area contributed by atoms with Crippen LogP contribution in [0.15, 0.2) is 84.9 Å². The first-order chi connectivity index (χ1) is 24.7. The monoisotopic (exact) mass is 688 g/mol. The number of phenolic OH excluding ortho intramolecular Hbond substituents is 1. The lowest BCUT2D eigenvalue weighted by Gasteiger charge is -2.38. The highest BCUT2D eigenvalue weighted by Gasteiger charge is 2.40. The summed E-state index contributed by atoms with van der Waals surface area (Å²) in [6, 6.07) is 27.3. The molecular formula is C41H41FN4O5. The van der Waals surface area contributed by atoms with Gasteiger partial charge in [0.15, 0.2) is 0 Å². The molecule has 0 aliphatic carbocycles. The van der Waals surface area contributed by atoms with Crippen LogP contribution in [-0.2, 0) is 22.7 Å². The van der Waals surface area contributed by atoms with Crippen LogP contribution in [0.4, 0.5) is 10.1 Å². The first-order valence-corrected chi connectivity index (χ1v) is 17.7. The lowest BCUT2D eigenvalue weighted by molar-refractivity contribution is -0.136. The van der Waals surface area contributed by atoms with E-state index < -0.39 is 17.8 Å². The molecule has 2 N–H and O–H groups in total. The molecule has 0 saturated carbocycles. The number of fused-ring (bicyclic) bond motifs is 2. The number of ether oxygens (including phenoxy) is 1. The zero-order valence-electron chi connectivity index (χ0n) is 28.6. The second-order valence-electron chi connectivity index (χ2n) is 14.3. The molecule has 4 aliphatic rings. The molecule has 4 aliphatic heterocycles. The van der Waals surface area contributed by atoms with E-state index in [2.05, 4.69) is 63.6 Å². The number of hydrogen-bond acceptors (Lipinski definition) is 7. The van der Waals surface area contributed by atoms with Gasteiger partial charge in [0.1, 0.15) is 23.4 Å². The van der Waals surface area contributed by atoms with Crippen LogP contribution in [0.5, 0.6) is 11.5 Å². The Morgan fingerprint density at radius 1 is 0.922 bits per heavy atom. The molecule has 4 aromatic carbocycles. The number of halogens is 1. The molecule has 4 heterocycles. The number of hydrogen-bond donors (Lipinski definition) is 2. The van der Waals surface area contributed by atoms with Gasteiger partial charge in [-0.3, -0.25) is 24.6 Å². The fourth-order valence-electron chi connectivity index (χ4n) is 8.41. The van der Waals surface area contributed by atoms with Crippen molar-refractivity contribution in [2.75, 3.05) is 31.6 Å². The molecule has 2 fully saturated rings. The molecule has 0 aromatic heterocycles. The van der Waals surface area contributed by atoms with E-state index in [1.807, 2.05) is 19.2 Å². The van der Waals surface area contributed by atoms with Crippen molar-refractivity contribution in [2.45, 2.75) is 62.7 Å². The van der Waals surface area contributed by atoms with Gasteiger partial charge in [-0.25, -0.2) is 4.39 Å². The summed E-state index contributed by atoms with van der Waals surface area (Å²) < 4.78 is 21.5. The van der Waals surface area contributed by atoms with Gasteiger partial charge < -0.3 is 19.6 Å². The largest absolute Gasteiger partial charge is 0.508 e. The summed E-state index contributed by atoms with van der Waals surface area (Å²) in [6.07, 6.45) is 2.31. The second-order valence-corrected chi connectivity index (χ2v) is 14.3. The highest BCUT2D eigenvalue weighted by Crippen LogP contribution is 2.47. The first kappa shape index (κ1) is 33.0. The molecule has 51 heavy (non-hydrogen) atoms. The SMILES string of the molecule is CN(Cc1cc2c(cc1F)C(=O)N(C1CCC(=O)NC1=O)C2)C1CCN(c2ccc([C@@H]3c4ccc(O)cc4OC[C@@H]3c3ccccc3)cc2)CC1. The molecule has 3 atom stereocenters. The molecule has 9 nitrogen and oxygen atoms in total. The summed E-state index contributed by atoms with van der Waals surface area (Å²) in [5.41, 5.74) is 6.20. The van der Waals surface area contributed by atoms with Gasteiger partial charge >= 0.3 is 0 Å². The van der Waals surface area contributed by atoms with E-state index in [1.165, 1.54) is 27.8 Å². The zero-order valence-corrected chi connectivity index (χ0v) is 28.6. The van der Waals surface area contributed by atoms with Gasteiger partial charge in [-0.05, 0) is 73.3 Å². The van der Waals surface area contributed by atoms with Crippen LogP contribution in [0, 0.1) is 5.82 Å². The van der Waals surface area contributed by atoms with Gasteiger partial charge in [0, 0.05) is 78.9 Å². The Morgan fingerprint density at radius 3 is 2.43 bits per heavy atom. The average molecular weight is 689 g/mol. The fourth-order valence-corrected chi connectivity index (χ4v) is 8.41. The predicted molar refractivity (Wildman–Crippen MR) is 190 cm³/mol. The lowest BCUT2D eigenvalue weighted by Crippen LogP contribution is -2.52. The quantitative estimate of drug-likeness (QED) is 0.240. The zero-order chi connectivity index (χ0) is 35.2. The number of nitrogens with zero attached hydrogens (tertiary/aromatic N) is 3. The highest BCUT2D eigenvalue weighted by molar-refractivity contribution is 6.05. The number of phenols is 1. The molecule has 10 heteroatoms. The molecule has 8 rings (SSSR count). The van der Waals surface area contributed by atoms with Gasteiger partial charge in [0.05, 0.1) is 6.61 Å². The number of carbonyl (C=O) groups is 3. The van der Waals surface area contributed by atoms with Crippen molar-refractivity contribution in [3.05, 3.63) is 124 Å².